The van der Waals surface area contributed by atoms with Crippen molar-refractivity contribution in [3.63, 3.8) is 0 Å². The number of hydrogen-bond donors (Lipinski definition) is 2. The summed E-state index contributed by atoms with van der Waals surface area (Å²) < 4.78 is 0. The van der Waals surface area contributed by atoms with E-state index in [0.29, 0.717) is 0 Å². The average molecular weight is 288 g/mol. The van der Waals surface area contributed by atoms with Gasteiger partial charge in [0.15, 0.2) is 0 Å². The molecule has 2 rings (SSSR count). The number of carbonyl (C=O) groups is 2. The lowest BCUT2D eigenvalue weighted by Gasteiger charge is -2.43. The van der Waals surface area contributed by atoms with Crippen LogP contribution in [0.15, 0.2) is 11.1 Å². The number of nitrogens with one attached hydrogen (secondary N) is 1. The summed E-state index contributed by atoms with van der Waals surface area (Å²) in [7, 11) is 0. The average Bonchev–Trinajstić information content (AvgIpc) is 2.43. The fourth-order valence-corrected chi connectivity index (χ4v) is 3.48. The zero-order valence-corrected chi connectivity index (χ0v) is 12.3. The maximum atomic E-state index is 11.9. The molecule has 1 heterocycles. The molecule has 0 saturated carbocycles. The molecule has 112 valence electrons. The number of nitrogens with two attached hydrogens (primary N) is 1. The van der Waals surface area contributed by atoms with Crippen molar-refractivity contribution in [3.05, 3.63) is 11.1 Å². The minimum atomic E-state index is -0.863. The highest BCUT2D eigenvalue weighted by atomic mass is 16.1. The molecule has 1 aliphatic heterocycles. The van der Waals surface area contributed by atoms with Crippen LogP contribution >= 0.6 is 0 Å². The van der Waals surface area contributed by atoms with Crippen molar-refractivity contribution in [1.82, 2.24) is 5.01 Å². The van der Waals surface area contributed by atoms with Gasteiger partial charge >= 0.3 is 0 Å². The summed E-state index contributed by atoms with van der Waals surface area (Å²) in [6, 6.07) is 1.52. The first-order valence-electron chi connectivity index (χ1n) is 7.14. The van der Waals surface area contributed by atoms with E-state index in [9.17, 15) is 14.9 Å². The molecule has 0 amide bonds. The van der Waals surface area contributed by atoms with E-state index in [4.69, 9.17) is 11.3 Å². The Hall–Kier alpha value is -2.00. The fourth-order valence-electron chi connectivity index (χ4n) is 3.48. The number of rotatable bonds is 3. The van der Waals surface area contributed by atoms with Crippen molar-refractivity contribution in [3.8, 4) is 6.07 Å². The number of Topliss-reactive ketones (excluding diaryl/α,β-unsaturated/α-hetero) is 2. The van der Waals surface area contributed by atoms with Crippen molar-refractivity contribution in [2.75, 3.05) is 0 Å². The molecule has 0 fully saturated rings. The Labute approximate surface area is 124 Å². The minimum Gasteiger partial charge on any atom is -0.299 e. The molecule has 21 heavy (non-hydrogen) atoms. The molecule has 0 saturated heterocycles. The topological polar surface area (TPSA) is 111 Å². The molecule has 6 nitrogen and oxygen atoms in total. The van der Waals surface area contributed by atoms with E-state index in [-0.39, 0.29) is 17.4 Å². The van der Waals surface area contributed by atoms with Crippen molar-refractivity contribution in [1.29, 1.82) is 10.7 Å². The number of amidine groups is 1. The van der Waals surface area contributed by atoms with Crippen LogP contribution < -0.4 is 5.84 Å². The molecule has 3 N–H and O–H groups in total. The molecule has 0 aromatic carbocycles. The van der Waals surface area contributed by atoms with E-state index in [1.807, 2.05) is 0 Å². The lowest BCUT2D eigenvalue weighted by Crippen LogP contribution is -2.58. The maximum absolute atomic E-state index is 11.9. The third kappa shape index (κ3) is 2.49. The fraction of sp³-hybridized carbons (Fsp3) is 0.600. The van der Waals surface area contributed by atoms with E-state index in [1.54, 1.807) is 0 Å². The van der Waals surface area contributed by atoms with Gasteiger partial charge in [-0.25, -0.2) is 5.84 Å². The second-order valence-corrected chi connectivity index (χ2v) is 5.76. The molecule has 2 unspecified atom stereocenters. The summed E-state index contributed by atoms with van der Waals surface area (Å²) >= 11 is 0. The normalized spacial score (nSPS) is 25.7. The van der Waals surface area contributed by atoms with Gasteiger partial charge in [0.1, 0.15) is 29.2 Å². The summed E-state index contributed by atoms with van der Waals surface area (Å²) in [5.74, 6) is 3.97. The van der Waals surface area contributed by atoms with Crippen LogP contribution in [0.4, 0.5) is 0 Å². The van der Waals surface area contributed by atoms with Crippen molar-refractivity contribution < 1.29 is 9.59 Å². The second kappa shape index (κ2) is 5.78. The molecular weight excluding hydrogens is 268 g/mol. The standard InChI is InChI=1S/C15H20N4O2/c1-8(20)13(9(2)21)14-11-6-4-3-5-10(11)12(7-16)15(17)19(14)18/h12-14,17H,3-6,18H2,1-2H3. The molecule has 6 heteroatoms. The van der Waals surface area contributed by atoms with Gasteiger partial charge in [0.05, 0.1) is 12.1 Å². The number of nitriles is 1. The van der Waals surface area contributed by atoms with Crippen LogP contribution in [0, 0.1) is 28.6 Å². The molecule has 0 radical (unpaired) electrons. The SMILES string of the molecule is CC(=O)C(C(C)=O)C1C2=C(CCCC2)C(C#N)C(=N)N1N. The zero-order chi connectivity index (χ0) is 15.7. The van der Waals surface area contributed by atoms with Gasteiger partial charge in [-0.05, 0) is 50.7 Å². The van der Waals surface area contributed by atoms with Crippen LogP contribution in [-0.4, -0.2) is 28.5 Å². The maximum Gasteiger partial charge on any atom is 0.142 e. The van der Waals surface area contributed by atoms with Crippen LogP contribution in [-0.2, 0) is 9.59 Å². The third-order valence-electron chi connectivity index (χ3n) is 4.43. The van der Waals surface area contributed by atoms with Gasteiger partial charge in [-0.15, -0.1) is 0 Å². The van der Waals surface area contributed by atoms with Crippen molar-refractivity contribution in [2.45, 2.75) is 45.6 Å². The highest BCUT2D eigenvalue weighted by molar-refractivity contribution is 6.02. The van der Waals surface area contributed by atoms with Crippen LogP contribution in [0.2, 0.25) is 0 Å². The number of hydrazine groups is 1. The molecule has 2 aliphatic rings. The van der Waals surface area contributed by atoms with Crippen molar-refractivity contribution >= 4 is 17.4 Å². The predicted molar refractivity (Wildman–Crippen MR) is 77.0 cm³/mol. The Bertz CT molecular complexity index is 559. The Kier molecular flexibility index (Phi) is 4.24. The quantitative estimate of drug-likeness (QED) is 0.462. The molecule has 0 aromatic rings. The van der Waals surface area contributed by atoms with Crippen LogP contribution in [0.1, 0.15) is 39.5 Å². The monoisotopic (exact) mass is 288 g/mol. The van der Waals surface area contributed by atoms with E-state index < -0.39 is 17.9 Å². The molecule has 0 aromatic heterocycles. The Morgan fingerprint density at radius 2 is 1.81 bits per heavy atom. The van der Waals surface area contributed by atoms with Crippen molar-refractivity contribution in [2.24, 2.45) is 17.7 Å². The first-order valence-corrected chi connectivity index (χ1v) is 7.14. The summed E-state index contributed by atoms with van der Waals surface area (Å²) in [5, 5.41) is 18.6. The molecular formula is C15H20N4O2. The summed E-state index contributed by atoms with van der Waals surface area (Å²) in [4.78, 5) is 23.8. The van der Waals surface area contributed by atoms with Gasteiger partial charge in [0, 0.05) is 0 Å². The Morgan fingerprint density at radius 1 is 1.29 bits per heavy atom. The summed E-state index contributed by atoms with van der Waals surface area (Å²) in [6.07, 6.45) is 3.39. The highest BCUT2D eigenvalue weighted by Crippen LogP contribution is 2.40. The first kappa shape index (κ1) is 15.4. The van der Waals surface area contributed by atoms with Gasteiger partial charge in [-0.2, -0.15) is 5.26 Å². The van der Waals surface area contributed by atoms with Gasteiger partial charge < -0.3 is 0 Å². The second-order valence-electron chi connectivity index (χ2n) is 5.76. The van der Waals surface area contributed by atoms with E-state index >= 15 is 0 Å². The lowest BCUT2D eigenvalue weighted by molar-refractivity contribution is -0.132. The van der Waals surface area contributed by atoms with Gasteiger partial charge in [-0.3, -0.25) is 20.0 Å². The largest absolute Gasteiger partial charge is 0.299 e. The Morgan fingerprint density at radius 3 is 2.29 bits per heavy atom. The number of nitrogens with zero attached hydrogens (tertiary/aromatic N) is 2. The lowest BCUT2D eigenvalue weighted by atomic mass is 9.73. The summed E-state index contributed by atoms with van der Waals surface area (Å²) in [6.45, 7) is 2.76. The summed E-state index contributed by atoms with van der Waals surface area (Å²) in [5.41, 5.74) is 1.81. The van der Waals surface area contributed by atoms with Gasteiger partial charge in [0.25, 0.3) is 0 Å². The zero-order valence-electron chi connectivity index (χ0n) is 12.3. The van der Waals surface area contributed by atoms with E-state index in [0.717, 1.165) is 41.8 Å². The first-order chi connectivity index (χ1) is 9.90. The molecule has 2 atom stereocenters. The third-order valence-corrected chi connectivity index (χ3v) is 4.43. The molecule has 1 aliphatic carbocycles. The smallest absolute Gasteiger partial charge is 0.142 e. The van der Waals surface area contributed by atoms with E-state index in [1.165, 1.54) is 13.8 Å². The minimum absolute atomic E-state index is 0.0179. The molecule has 0 spiro atoms. The molecule has 0 bridgehead atoms. The number of carbonyl (C=O) groups excluding carboxylic acids is 2. The Balaban J connectivity index is 2.58. The van der Waals surface area contributed by atoms with Crippen LogP contribution in [0.25, 0.3) is 0 Å². The number of ketones is 2. The van der Waals surface area contributed by atoms with Gasteiger partial charge in [0.2, 0.25) is 0 Å². The van der Waals surface area contributed by atoms with Crippen LogP contribution in [0.3, 0.4) is 0 Å². The highest BCUT2D eigenvalue weighted by Gasteiger charge is 2.44. The predicted octanol–water partition coefficient (Wildman–Crippen LogP) is 1.33. The van der Waals surface area contributed by atoms with E-state index in [2.05, 4.69) is 6.07 Å². The van der Waals surface area contributed by atoms with Crippen LogP contribution in [0.5, 0.6) is 0 Å². The van der Waals surface area contributed by atoms with Gasteiger partial charge in [-0.1, -0.05) is 0 Å². The number of hydrogen-bond acceptors (Lipinski definition) is 5.